The molecule has 4 rings (SSSR count). The van der Waals surface area contributed by atoms with Crippen molar-refractivity contribution in [3.8, 4) is 11.3 Å². The minimum atomic E-state index is -0.441. The average Bonchev–Trinajstić information content (AvgIpc) is 3.23. The van der Waals surface area contributed by atoms with Gasteiger partial charge in [0.25, 0.3) is 0 Å². The monoisotopic (exact) mass is 410 g/mol. The van der Waals surface area contributed by atoms with E-state index in [0.29, 0.717) is 11.5 Å². The van der Waals surface area contributed by atoms with Gasteiger partial charge in [-0.1, -0.05) is 46.3 Å². The van der Waals surface area contributed by atoms with Crippen molar-refractivity contribution in [1.29, 1.82) is 0 Å². The Morgan fingerprint density at radius 1 is 1.19 bits per heavy atom. The van der Waals surface area contributed by atoms with E-state index in [0.717, 1.165) is 26.8 Å². The van der Waals surface area contributed by atoms with Crippen molar-refractivity contribution in [1.82, 2.24) is 19.7 Å². The van der Waals surface area contributed by atoms with E-state index in [4.69, 9.17) is 4.74 Å². The normalized spacial score (nSPS) is 11.0. The lowest BCUT2D eigenvalue weighted by atomic mass is 10.1. The van der Waals surface area contributed by atoms with Gasteiger partial charge in [0.2, 0.25) is 0 Å². The van der Waals surface area contributed by atoms with Crippen molar-refractivity contribution >= 4 is 32.9 Å². The summed E-state index contributed by atoms with van der Waals surface area (Å²) in [7, 11) is 1.72. The number of H-pyrrole nitrogens is 1. The largest absolute Gasteiger partial charge is 0.453 e. The standard InChI is InChI=1S/C19H15BrN4O2/c1-24-17(10-15(23-24)12-5-3-2-4-6-12)19(25)26-11-18-21-14-8-7-13(20)9-16(14)22-18/h2-10H,11H2,1H3,(H,21,22). The zero-order valence-corrected chi connectivity index (χ0v) is 15.5. The molecule has 0 bridgehead atoms. The Kier molecular flexibility index (Phi) is 4.30. The quantitative estimate of drug-likeness (QED) is 0.514. The molecule has 0 aliphatic carbocycles. The second-order valence-electron chi connectivity index (χ2n) is 5.83. The van der Waals surface area contributed by atoms with Crippen LogP contribution < -0.4 is 0 Å². The number of hydrogen-bond donors (Lipinski definition) is 1. The lowest BCUT2D eigenvalue weighted by Gasteiger charge is -2.02. The first-order valence-corrected chi connectivity index (χ1v) is 8.80. The molecule has 4 aromatic rings. The number of rotatable bonds is 4. The highest BCUT2D eigenvalue weighted by Crippen LogP contribution is 2.20. The molecule has 0 spiro atoms. The maximum Gasteiger partial charge on any atom is 0.357 e. The van der Waals surface area contributed by atoms with Crippen LogP contribution in [0.3, 0.4) is 0 Å². The average molecular weight is 411 g/mol. The van der Waals surface area contributed by atoms with Crippen molar-refractivity contribution in [2.45, 2.75) is 6.61 Å². The predicted molar refractivity (Wildman–Crippen MR) is 102 cm³/mol. The third-order valence-corrected chi connectivity index (χ3v) is 4.48. The molecule has 2 aromatic heterocycles. The van der Waals surface area contributed by atoms with E-state index in [-0.39, 0.29) is 6.61 Å². The van der Waals surface area contributed by atoms with Gasteiger partial charge in [-0.2, -0.15) is 5.10 Å². The smallest absolute Gasteiger partial charge is 0.357 e. The molecule has 0 saturated carbocycles. The first-order chi connectivity index (χ1) is 12.6. The van der Waals surface area contributed by atoms with Crippen LogP contribution in [0.5, 0.6) is 0 Å². The Morgan fingerprint density at radius 2 is 2.00 bits per heavy atom. The summed E-state index contributed by atoms with van der Waals surface area (Å²) in [6.07, 6.45) is 0. The van der Waals surface area contributed by atoms with E-state index in [2.05, 4.69) is 31.0 Å². The van der Waals surface area contributed by atoms with Gasteiger partial charge in [0.15, 0.2) is 0 Å². The second-order valence-corrected chi connectivity index (χ2v) is 6.74. The fourth-order valence-corrected chi connectivity index (χ4v) is 3.08. The number of hydrogen-bond acceptors (Lipinski definition) is 4. The number of aromatic amines is 1. The Bertz CT molecular complexity index is 1090. The van der Waals surface area contributed by atoms with Gasteiger partial charge in [-0.15, -0.1) is 0 Å². The van der Waals surface area contributed by atoms with Crippen molar-refractivity contribution in [3.05, 3.63) is 70.6 Å². The van der Waals surface area contributed by atoms with E-state index >= 15 is 0 Å². The van der Waals surface area contributed by atoms with Crippen LogP contribution in [-0.4, -0.2) is 25.7 Å². The van der Waals surface area contributed by atoms with Crippen molar-refractivity contribution < 1.29 is 9.53 Å². The number of esters is 1. The summed E-state index contributed by atoms with van der Waals surface area (Å²) in [4.78, 5) is 20.0. The summed E-state index contributed by atoms with van der Waals surface area (Å²) in [6, 6.07) is 17.2. The SMILES string of the molecule is Cn1nc(-c2ccccc2)cc1C(=O)OCc1nc2ccc(Br)cc2[nH]1. The molecule has 130 valence electrons. The van der Waals surface area contributed by atoms with E-state index in [1.807, 2.05) is 48.5 Å². The minimum absolute atomic E-state index is 0.0665. The van der Waals surface area contributed by atoms with E-state index in [1.54, 1.807) is 13.1 Å². The molecule has 26 heavy (non-hydrogen) atoms. The predicted octanol–water partition coefficient (Wildman–Crippen LogP) is 4.08. The number of fused-ring (bicyclic) bond motifs is 1. The molecule has 0 unspecified atom stereocenters. The molecule has 7 heteroatoms. The van der Waals surface area contributed by atoms with Gasteiger partial charge in [-0.05, 0) is 24.3 Å². The summed E-state index contributed by atoms with van der Waals surface area (Å²) in [5, 5.41) is 4.39. The van der Waals surface area contributed by atoms with Crippen LogP contribution in [-0.2, 0) is 18.4 Å². The van der Waals surface area contributed by atoms with Gasteiger partial charge in [0.05, 0.1) is 16.7 Å². The first-order valence-electron chi connectivity index (χ1n) is 8.01. The summed E-state index contributed by atoms with van der Waals surface area (Å²) >= 11 is 3.42. The number of aromatic nitrogens is 4. The van der Waals surface area contributed by atoms with Crippen LogP contribution in [0.1, 0.15) is 16.3 Å². The lowest BCUT2D eigenvalue weighted by Crippen LogP contribution is -2.11. The highest BCUT2D eigenvalue weighted by molar-refractivity contribution is 9.10. The fourth-order valence-electron chi connectivity index (χ4n) is 2.72. The molecule has 0 fully saturated rings. The maximum absolute atomic E-state index is 12.4. The molecular weight excluding hydrogens is 396 g/mol. The third kappa shape index (κ3) is 3.25. The molecule has 0 atom stereocenters. The van der Waals surface area contributed by atoms with E-state index in [9.17, 15) is 4.79 Å². The number of nitrogens with zero attached hydrogens (tertiary/aromatic N) is 3. The first kappa shape index (κ1) is 16.5. The van der Waals surface area contributed by atoms with E-state index in [1.165, 1.54) is 4.68 Å². The molecule has 6 nitrogen and oxygen atoms in total. The van der Waals surface area contributed by atoms with Crippen molar-refractivity contribution in [3.63, 3.8) is 0 Å². The molecule has 0 aliphatic heterocycles. The van der Waals surface area contributed by atoms with Gasteiger partial charge in [0, 0.05) is 17.1 Å². The van der Waals surface area contributed by atoms with Crippen LogP contribution in [0.25, 0.3) is 22.3 Å². The minimum Gasteiger partial charge on any atom is -0.453 e. The van der Waals surface area contributed by atoms with Crippen molar-refractivity contribution in [2.24, 2.45) is 7.05 Å². The Balaban J connectivity index is 1.50. The van der Waals surface area contributed by atoms with Gasteiger partial charge < -0.3 is 9.72 Å². The second kappa shape index (κ2) is 6.76. The number of nitrogens with one attached hydrogen (secondary N) is 1. The number of ether oxygens (including phenoxy) is 1. The number of imidazole rings is 1. The zero-order valence-electron chi connectivity index (χ0n) is 13.9. The van der Waals surface area contributed by atoms with Crippen molar-refractivity contribution in [2.75, 3.05) is 0 Å². The highest BCUT2D eigenvalue weighted by atomic mass is 79.9. The topological polar surface area (TPSA) is 72.8 Å². The summed E-state index contributed by atoms with van der Waals surface area (Å²) < 4.78 is 7.89. The summed E-state index contributed by atoms with van der Waals surface area (Å²) in [5.41, 5.74) is 3.78. The number of carbonyl (C=O) groups excluding carboxylic acids is 1. The van der Waals surface area contributed by atoms with E-state index < -0.39 is 5.97 Å². The Morgan fingerprint density at radius 3 is 2.81 bits per heavy atom. The van der Waals surface area contributed by atoms with Crippen LogP contribution in [0.4, 0.5) is 0 Å². The number of halogens is 1. The van der Waals surface area contributed by atoms with Crippen LogP contribution in [0.2, 0.25) is 0 Å². The fraction of sp³-hybridized carbons (Fsp3) is 0.105. The van der Waals surface area contributed by atoms with Gasteiger partial charge >= 0.3 is 5.97 Å². The Hall–Kier alpha value is -2.93. The van der Waals surface area contributed by atoms with Gasteiger partial charge in [0.1, 0.15) is 18.1 Å². The summed E-state index contributed by atoms with van der Waals surface area (Å²) in [6.45, 7) is 0.0665. The van der Waals surface area contributed by atoms with Gasteiger partial charge in [-0.3, -0.25) is 4.68 Å². The maximum atomic E-state index is 12.4. The Labute approximate surface area is 158 Å². The molecule has 0 aliphatic rings. The number of aryl methyl sites for hydroxylation is 1. The molecule has 2 aromatic carbocycles. The molecule has 0 radical (unpaired) electrons. The van der Waals surface area contributed by atoms with Crippen LogP contribution >= 0.6 is 15.9 Å². The highest BCUT2D eigenvalue weighted by Gasteiger charge is 2.16. The number of carbonyl (C=O) groups is 1. The third-order valence-electron chi connectivity index (χ3n) is 3.99. The molecule has 2 heterocycles. The molecule has 0 saturated heterocycles. The molecule has 0 amide bonds. The van der Waals surface area contributed by atoms with Gasteiger partial charge in [-0.25, -0.2) is 9.78 Å². The lowest BCUT2D eigenvalue weighted by molar-refractivity contribution is 0.0450. The zero-order chi connectivity index (χ0) is 18.1. The van der Waals surface area contributed by atoms with Crippen LogP contribution in [0.15, 0.2) is 59.1 Å². The molecular formula is C19H15BrN4O2. The summed E-state index contributed by atoms with van der Waals surface area (Å²) in [5.74, 6) is 0.153. The molecule has 1 N–H and O–H groups in total. The number of benzene rings is 2. The van der Waals surface area contributed by atoms with Crippen LogP contribution in [0, 0.1) is 0 Å².